The summed E-state index contributed by atoms with van der Waals surface area (Å²) in [5.41, 5.74) is 23.3. The fourth-order valence-electron chi connectivity index (χ4n) is 13.1. The van der Waals surface area contributed by atoms with Gasteiger partial charge in [0.05, 0.1) is 64.6 Å². The number of nitrogen functional groups attached to an aromatic ring is 1. The molecule has 0 aliphatic carbocycles. The summed E-state index contributed by atoms with van der Waals surface area (Å²) in [6.07, 6.45) is 1.11. The molecule has 116 heavy (non-hydrogen) atoms. The molecule has 1 atom stereocenters. The number of ether oxygens (including phenoxy) is 5. The number of aromatic hydroxyl groups is 1. The standard InChI is InChI=1S/C27H21FN2O2.C26H19FN2O2.C15H13N3.C12H13FO4.C10H11FO3.C2H3ClO/c1-17-15-22-25(18-9-5-3-6-10-18)26(19-11-7-4-8-12-19)29-30(22)27(31)24(17)20-13-14-23(32-2)21(28)16-20;1-16-14-21-24(17-8-4-2-5-9-17)25(18-10-6-3-7-11-18)28-29(21)26(31)23(16)19-12-13-22(30)20(27)15-19;16-15-13(11-7-3-1-4-8-11)14(17-18-15)12-9-5-2-6-10-12;1-7(14)11(12(15)17-3)8-4-5-10(16-2)9(13)6-8;1-13-9-4-3-7(5-8(9)11)6-10(12)14-2;1-2(3)4/h3-14,16H,15H2,1-2H3;2-13,15,30H,14H2,1H3;1-10H,(H3,16,17,18);4-6,11H,1-3H3;3-5H,6H2,1-2H3;1H3. The molecule has 15 rings (SSSR count). The molecular weight excluding hydrogens is 1510 g/mol. The van der Waals surface area contributed by atoms with Gasteiger partial charge < -0.3 is 34.5 Å². The number of phenols is 1. The average molecular weight is 1590 g/mol. The van der Waals surface area contributed by atoms with Crippen LogP contribution in [0, 0.1) is 23.3 Å². The maximum absolute atomic E-state index is 14.4. The average Bonchev–Trinajstić information content (AvgIpc) is 1.59. The van der Waals surface area contributed by atoms with Crippen LogP contribution in [0.4, 0.5) is 23.4 Å². The Hall–Kier alpha value is -14.1. The van der Waals surface area contributed by atoms with Gasteiger partial charge >= 0.3 is 11.9 Å². The van der Waals surface area contributed by atoms with Crippen molar-refractivity contribution in [3.05, 3.63) is 323 Å². The summed E-state index contributed by atoms with van der Waals surface area (Å²) in [7, 11) is 6.61. The van der Waals surface area contributed by atoms with Crippen molar-refractivity contribution in [2.45, 2.75) is 52.9 Å². The summed E-state index contributed by atoms with van der Waals surface area (Å²) in [5.74, 6) is -5.07. The Morgan fingerprint density at radius 3 is 1.22 bits per heavy atom. The highest BCUT2D eigenvalue weighted by Gasteiger charge is 2.34. The van der Waals surface area contributed by atoms with Crippen molar-refractivity contribution in [2.24, 2.45) is 0 Å². The van der Waals surface area contributed by atoms with E-state index in [1.165, 1.54) is 101 Å². The number of nitrogens with two attached hydrogens (primary N) is 1. The fraction of sp³-hybridized carbons (Fsp3) is 0.141. The van der Waals surface area contributed by atoms with Crippen LogP contribution in [0.25, 0.3) is 78.3 Å². The molecule has 24 heteroatoms. The molecule has 0 radical (unpaired) electrons. The lowest BCUT2D eigenvalue weighted by atomic mass is 9.90. The minimum absolute atomic E-state index is 0.0564. The highest BCUT2D eigenvalue weighted by Crippen LogP contribution is 2.43. The second-order valence-corrected chi connectivity index (χ2v) is 26.7. The number of allylic oxidation sites excluding steroid dienone is 4. The van der Waals surface area contributed by atoms with Crippen molar-refractivity contribution in [3.63, 3.8) is 0 Å². The number of hydrogen-bond donors (Lipinski definition) is 3. The highest BCUT2D eigenvalue weighted by atomic mass is 35.5. The van der Waals surface area contributed by atoms with Crippen LogP contribution < -0.4 is 19.9 Å². The molecule has 13 aromatic rings. The van der Waals surface area contributed by atoms with Gasteiger partial charge in [-0.15, -0.1) is 0 Å². The molecule has 3 aromatic heterocycles. The predicted octanol–water partition coefficient (Wildman–Crippen LogP) is 19.1. The first kappa shape index (κ1) is 84.4. The van der Waals surface area contributed by atoms with Crippen molar-refractivity contribution in [2.75, 3.05) is 41.3 Å². The maximum atomic E-state index is 14.4. The Kier molecular flexibility index (Phi) is 28.7. The van der Waals surface area contributed by atoms with Crippen molar-refractivity contribution in [1.82, 2.24) is 29.8 Å². The SMILES string of the molecule is CC(=O)Cl.CC1=C(c2ccc(O)c(F)c2)C(=O)n2nc(-c3ccccc3)c(-c3ccccc3)c2C1.COC(=O)C(C(C)=O)c1ccc(OC)c(F)c1.COC(=O)Cc1ccc(OC)c(F)c1.COc1ccc(C2=C(C)Cc3c(-c4ccccc4)c(-c4ccccc4)nn3C2=O)cc1F.Nc1n[nH]c(-c2ccccc2)c1-c1ccccc1. The van der Waals surface area contributed by atoms with Gasteiger partial charge in [-0.25, -0.2) is 17.6 Å². The van der Waals surface area contributed by atoms with Crippen molar-refractivity contribution in [3.8, 4) is 90.2 Å². The molecule has 590 valence electrons. The number of ketones is 1. The van der Waals surface area contributed by atoms with Crippen molar-refractivity contribution < 1.29 is 75.1 Å². The number of carbonyl (C=O) groups excluding carboxylic acids is 6. The number of esters is 2. The van der Waals surface area contributed by atoms with E-state index in [2.05, 4.69) is 31.3 Å². The number of methoxy groups -OCH3 is 5. The quantitative estimate of drug-likeness (QED) is 0.0351. The Morgan fingerprint density at radius 2 is 0.845 bits per heavy atom. The molecule has 4 N–H and O–H groups in total. The van der Waals surface area contributed by atoms with E-state index >= 15 is 0 Å². The number of aromatic nitrogens is 6. The van der Waals surface area contributed by atoms with Crippen LogP contribution in [0.1, 0.15) is 76.8 Å². The van der Waals surface area contributed by atoms with E-state index in [0.29, 0.717) is 46.5 Å². The predicted molar refractivity (Wildman–Crippen MR) is 439 cm³/mol. The van der Waals surface area contributed by atoms with Gasteiger partial charge in [-0.3, -0.25) is 33.9 Å². The van der Waals surface area contributed by atoms with E-state index in [9.17, 15) is 51.4 Å². The second kappa shape index (κ2) is 39.4. The summed E-state index contributed by atoms with van der Waals surface area (Å²) in [5, 5.41) is 25.8. The Morgan fingerprint density at radius 1 is 0.474 bits per heavy atom. The molecule has 0 saturated heterocycles. The van der Waals surface area contributed by atoms with E-state index in [1.54, 1.807) is 24.3 Å². The number of H-pyrrole nitrogens is 1. The zero-order valence-electron chi connectivity index (χ0n) is 64.6. The van der Waals surface area contributed by atoms with Gasteiger partial charge in [-0.1, -0.05) is 217 Å². The van der Waals surface area contributed by atoms with Crippen molar-refractivity contribution >= 4 is 63.3 Å². The van der Waals surface area contributed by atoms with Crippen LogP contribution in [0.2, 0.25) is 0 Å². The van der Waals surface area contributed by atoms with Gasteiger partial charge in [0.15, 0.2) is 52.1 Å². The Balaban J connectivity index is 0.000000157. The van der Waals surface area contributed by atoms with Crippen LogP contribution in [0.5, 0.6) is 23.0 Å². The summed E-state index contributed by atoms with van der Waals surface area (Å²) < 4.78 is 81.4. The topological polar surface area (TPSA) is 259 Å². The minimum atomic E-state index is -1.10. The third kappa shape index (κ3) is 20.0. The lowest BCUT2D eigenvalue weighted by Gasteiger charge is -2.20. The normalized spacial score (nSPS) is 12.0. The number of nitrogens with zero attached hydrogens (tertiary/aromatic N) is 5. The van der Waals surface area contributed by atoms with Crippen LogP contribution >= 0.6 is 11.6 Å². The summed E-state index contributed by atoms with van der Waals surface area (Å²) in [4.78, 5) is 70.0. The molecule has 0 spiro atoms. The van der Waals surface area contributed by atoms with Crippen LogP contribution in [0.3, 0.4) is 0 Å². The number of carbonyl (C=O) groups is 6. The number of nitrogens with one attached hydrogen (secondary N) is 1. The number of phenolic OH excluding ortho intramolecular Hbond substituents is 1. The third-order valence-corrected chi connectivity index (χ3v) is 18.5. The molecule has 0 fully saturated rings. The molecule has 19 nitrogen and oxygen atoms in total. The van der Waals surface area contributed by atoms with Gasteiger partial charge in [0.2, 0.25) is 5.24 Å². The minimum Gasteiger partial charge on any atom is -0.505 e. The Labute approximate surface area is 671 Å². The first-order valence-corrected chi connectivity index (χ1v) is 36.5. The molecule has 0 saturated carbocycles. The first-order chi connectivity index (χ1) is 55.9. The number of anilines is 1. The Bertz CT molecular complexity index is 5760. The molecule has 5 heterocycles. The highest BCUT2D eigenvalue weighted by molar-refractivity contribution is 6.62. The number of aromatic amines is 1. The maximum Gasteiger partial charge on any atom is 0.320 e. The monoisotopic (exact) mass is 1590 g/mol. The molecule has 10 aromatic carbocycles. The molecule has 1 unspecified atom stereocenters. The van der Waals surface area contributed by atoms with Gasteiger partial charge in [-0.05, 0) is 120 Å². The smallest absolute Gasteiger partial charge is 0.320 e. The van der Waals surface area contributed by atoms with Crippen LogP contribution in [0.15, 0.2) is 266 Å². The molecule has 0 amide bonds. The summed E-state index contributed by atoms with van der Waals surface area (Å²) in [6.45, 7) is 6.35. The molecular formula is C92H80ClF4N7O12. The fourth-order valence-corrected chi connectivity index (χ4v) is 13.1. The van der Waals surface area contributed by atoms with E-state index in [0.717, 1.165) is 95.8 Å². The van der Waals surface area contributed by atoms with Gasteiger partial charge in [0.1, 0.15) is 23.1 Å². The van der Waals surface area contributed by atoms with Crippen molar-refractivity contribution in [1.29, 1.82) is 0 Å². The van der Waals surface area contributed by atoms with E-state index < -0.39 is 52.7 Å². The second-order valence-electron chi connectivity index (χ2n) is 26.2. The van der Waals surface area contributed by atoms with Crippen LogP contribution in [-0.4, -0.2) is 105 Å². The van der Waals surface area contributed by atoms with Gasteiger partial charge in [0, 0.05) is 58.7 Å². The summed E-state index contributed by atoms with van der Waals surface area (Å²) >= 11 is 4.64. The third-order valence-electron chi connectivity index (χ3n) is 18.5. The lowest BCUT2D eigenvalue weighted by Crippen LogP contribution is -2.23. The van der Waals surface area contributed by atoms with Gasteiger partial charge in [0.25, 0.3) is 11.8 Å². The van der Waals surface area contributed by atoms with E-state index in [-0.39, 0.29) is 46.3 Å². The first-order valence-electron chi connectivity index (χ1n) is 36.1. The zero-order chi connectivity index (χ0) is 83.3. The number of halogens is 5. The number of benzene rings is 10. The number of rotatable bonds is 16. The van der Waals surface area contributed by atoms with E-state index in [4.69, 9.17) is 30.1 Å². The largest absolute Gasteiger partial charge is 0.505 e. The number of Topliss-reactive ketones (excluding diaryl/α,β-unsaturated/α-hetero) is 1. The molecule has 2 aliphatic rings. The number of hydrogen-bond acceptors (Lipinski definition) is 16. The van der Waals surface area contributed by atoms with E-state index in [1.807, 2.05) is 196 Å². The number of fused-ring (bicyclic) bond motifs is 2. The van der Waals surface area contributed by atoms with Crippen LogP contribution in [-0.2, 0) is 47.9 Å². The molecule has 0 bridgehead atoms. The molecule has 2 aliphatic heterocycles. The summed E-state index contributed by atoms with van der Waals surface area (Å²) in [6, 6.07) is 76.6. The zero-order valence-corrected chi connectivity index (χ0v) is 65.3. The van der Waals surface area contributed by atoms with Gasteiger partial charge in [-0.2, -0.15) is 24.7 Å². The lowest BCUT2D eigenvalue weighted by molar-refractivity contribution is -0.145.